The molecule has 2 aliphatic heterocycles. The number of fused-ring (bicyclic) bond motifs is 1. The molecule has 2 atom stereocenters. The number of carboxylic acids is 1. The maximum atomic E-state index is 12.8. The minimum absolute atomic E-state index is 0.0402. The number of carbonyl (C=O) groups excluding carboxylic acids is 2. The summed E-state index contributed by atoms with van der Waals surface area (Å²) >= 11 is 5.27. The van der Waals surface area contributed by atoms with E-state index in [4.69, 9.17) is 4.84 Å². The van der Waals surface area contributed by atoms with Crippen molar-refractivity contribution in [3.63, 3.8) is 0 Å². The second-order valence-corrected chi connectivity index (χ2v) is 9.94. The summed E-state index contributed by atoms with van der Waals surface area (Å²) in [5.41, 5.74) is 2.40. The molecule has 2 aromatic rings. The monoisotopic (exact) mass is 498 g/mol. The molecule has 1 unspecified atom stereocenters. The van der Waals surface area contributed by atoms with E-state index < -0.39 is 29.2 Å². The van der Waals surface area contributed by atoms with Crippen molar-refractivity contribution in [3.8, 4) is 0 Å². The van der Waals surface area contributed by atoms with E-state index in [9.17, 15) is 19.5 Å². The number of rotatable bonds is 8. The molecule has 1 saturated heterocycles. The van der Waals surface area contributed by atoms with Crippen LogP contribution in [0, 0.1) is 0 Å². The number of aliphatic carboxylic acids is 1. The van der Waals surface area contributed by atoms with Gasteiger partial charge in [-0.2, -0.15) is 4.37 Å². The Morgan fingerprint density at radius 2 is 2.29 bits per heavy atom. The highest BCUT2D eigenvalue weighted by Crippen LogP contribution is 2.41. The number of carbonyl (C=O) groups is 3. The highest BCUT2D eigenvalue weighted by atomic mass is 32.2. The zero-order valence-electron chi connectivity index (χ0n) is 15.8. The van der Waals surface area contributed by atoms with Crippen molar-refractivity contribution in [1.82, 2.24) is 24.6 Å². The second kappa shape index (κ2) is 9.33. The first-order valence-electron chi connectivity index (χ1n) is 8.61. The molecule has 0 radical (unpaired) electrons. The van der Waals surface area contributed by atoms with E-state index in [0.717, 1.165) is 4.34 Å². The van der Waals surface area contributed by atoms with Crippen LogP contribution in [0.1, 0.15) is 5.69 Å². The van der Waals surface area contributed by atoms with Gasteiger partial charge in [-0.1, -0.05) is 16.9 Å². The Kier molecular flexibility index (Phi) is 6.54. The van der Waals surface area contributed by atoms with Gasteiger partial charge in [-0.05, 0) is 17.1 Å². The molecule has 0 aliphatic carbocycles. The fraction of sp³-hybridized carbons (Fsp3) is 0.312. The van der Waals surface area contributed by atoms with Crippen LogP contribution in [-0.2, 0) is 19.2 Å². The van der Waals surface area contributed by atoms with Crippen LogP contribution in [0.25, 0.3) is 0 Å². The Morgan fingerprint density at radius 3 is 2.94 bits per heavy atom. The Morgan fingerprint density at radius 1 is 1.45 bits per heavy atom. The van der Waals surface area contributed by atoms with E-state index in [0.29, 0.717) is 22.8 Å². The van der Waals surface area contributed by atoms with Crippen LogP contribution in [0.2, 0.25) is 0 Å². The van der Waals surface area contributed by atoms with Crippen LogP contribution in [0.5, 0.6) is 0 Å². The van der Waals surface area contributed by atoms with Gasteiger partial charge in [0.2, 0.25) is 0 Å². The molecule has 0 spiro atoms. The molecule has 4 rings (SSSR count). The zero-order valence-corrected chi connectivity index (χ0v) is 19.0. The van der Waals surface area contributed by atoms with Gasteiger partial charge in [0, 0.05) is 16.9 Å². The van der Waals surface area contributed by atoms with Crippen LogP contribution in [0.3, 0.4) is 0 Å². The van der Waals surface area contributed by atoms with Gasteiger partial charge in [-0.25, -0.2) is 14.8 Å². The first-order chi connectivity index (χ1) is 15.0. The molecule has 11 nitrogen and oxygen atoms in total. The smallest absolute Gasteiger partial charge is 0.352 e. The lowest BCUT2D eigenvalue weighted by Crippen LogP contribution is -2.71. The van der Waals surface area contributed by atoms with Gasteiger partial charge >= 0.3 is 5.97 Å². The minimum atomic E-state index is -1.18. The number of aromatic nitrogens is 3. The molecular weight excluding hydrogens is 484 g/mol. The summed E-state index contributed by atoms with van der Waals surface area (Å²) < 4.78 is 4.64. The summed E-state index contributed by atoms with van der Waals surface area (Å²) in [6.07, 6.45) is 1.43. The Bertz CT molecular complexity index is 1050. The van der Waals surface area contributed by atoms with Crippen LogP contribution in [-0.4, -0.2) is 77.9 Å². The summed E-state index contributed by atoms with van der Waals surface area (Å²) in [6, 6.07) is -0.870. The highest BCUT2D eigenvalue weighted by molar-refractivity contribution is 8.01. The minimum Gasteiger partial charge on any atom is -0.477 e. The summed E-state index contributed by atoms with van der Waals surface area (Å²) in [7, 11) is 1.30. The third kappa shape index (κ3) is 4.30. The molecular formula is C16H14N6O5S4. The van der Waals surface area contributed by atoms with E-state index in [2.05, 4.69) is 24.8 Å². The molecule has 2 amide bonds. The van der Waals surface area contributed by atoms with Gasteiger partial charge in [0.1, 0.15) is 36.2 Å². The maximum Gasteiger partial charge on any atom is 0.352 e. The Hall–Kier alpha value is -2.49. The van der Waals surface area contributed by atoms with Crippen molar-refractivity contribution >= 4 is 69.9 Å². The molecule has 15 heteroatoms. The van der Waals surface area contributed by atoms with Crippen molar-refractivity contribution in [3.05, 3.63) is 34.2 Å². The molecule has 1 fully saturated rings. The van der Waals surface area contributed by atoms with Gasteiger partial charge in [0.05, 0.1) is 5.51 Å². The van der Waals surface area contributed by atoms with E-state index in [-0.39, 0.29) is 11.4 Å². The number of carboxylic acid groups (broad SMARTS) is 1. The fourth-order valence-corrected chi connectivity index (χ4v) is 6.47. The average Bonchev–Trinajstić information content (AvgIpc) is 3.47. The molecule has 2 aromatic heterocycles. The molecule has 0 aromatic carbocycles. The van der Waals surface area contributed by atoms with Crippen molar-refractivity contribution < 1.29 is 24.3 Å². The van der Waals surface area contributed by atoms with Gasteiger partial charge in [-0.3, -0.25) is 14.5 Å². The lowest BCUT2D eigenvalue weighted by atomic mass is 10.0. The van der Waals surface area contributed by atoms with Gasteiger partial charge in [0.15, 0.2) is 10.1 Å². The molecule has 2 N–H and O–H groups in total. The number of nitrogens with one attached hydrogen (secondary N) is 1. The van der Waals surface area contributed by atoms with Gasteiger partial charge < -0.3 is 15.3 Å². The van der Waals surface area contributed by atoms with E-state index in [1.807, 2.05) is 0 Å². The average molecular weight is 499 g/mol. The van der Waals surface area contributed by atoms with Crippen molar-refractivity contribution in [1.29, 1.82) is 0 Å². The third-order valence-corrected chi connectivity index (χ3v) is 8.13. The van der Waals surface area contributed by atoms with Gasteiger partial charge in [0.25, 0.3) is 11.8 Å². The summed E-state index contributed by atoms with van der Waals surface area (Å²) in [5.74, 6) is -1.49. The third-order valence-electron chi connectivity index (χ3n) is 4.32. The predicted molar refractivity (Wildman–Crippen MR) is 116 cm³/mol. The van der Waals surface area contributed by atoms with E-state index in [1.165, 1.54) is 64.7 Å². The van der Waals surface area contributed by atoms with E-state index >= 15 is 0 Å². The summed E-state index contributed by atoms with van der Waals surface area (Å²) in [6.45, 7) is 0. The van der Waals surface area contributed by atoms with Crippen LogP contribution in [0.4, 0.5) is 0 Å². The standard InChI is InChI=1S/C16H14N6O5S4/c1-27-21-9(8-4-28-6-18-8)12(23)20-10-13(24)22-11(15(25)26)7(2-29-14(10)22)3-30-16-17-5-19-31-16/h4-6,10,14H,2-3H2,1H3,(H,20,23)(H,25,26)/b21-9-/t10?,14-/m0/s1. The maximum absolute atomic E-state index is 12.8. The number of hydrogen-bond acceptors (Lipinski definition) is 12. The molecule has 31 heavy (non-hydrogen) atoms. The molecule has 2 aliphatic rings. The van der Waals surface area contributed by atoms with E-state index in [1.54, 1.807) is 10.9 Å². The van der Waals surface area contributed by atoms with Crippen LogP contribution >= 0.6 is 46.4 Å². The molecule has 4 heterocycles. The SMILES string of the molecule is CO/N=C(\C(=O)NC1C(=O)N2C(C(=O)O)=C(CSc3ncns3)CS[C@@H]12)c1cscn1. The predicted octanol–water partition coefficient (Wildman–Crippen LogP) is 0.876. The number of amides is 2. The Labute approximate surface area is 192 Å². The lowest BCUT2D eigenvalue weighted by Gasteiger charge is -2.49. The topological polar surface area (TPSA) is 147 Å². The van der Waals surface area contributed by atoms with Crippen LogP contribution in [0.15, 0.2) is 38.0 Å². The normalized spacial score (nSPS) is 20.9. The first kappa shape index (κ1) is 21.7. The number of oxime groups is 1. The number of thioether (sulfide) groups is 2. The van der Waals surface area contributed by atoms with Crippen molar-refractivity contribution in [2.24, 2.45) is 5.16 Å². The summed E-state index contributed by atoms with van der Waals surface area (Å²) in [4.78, 5) is 51.5. The molecule has 0 saturated carbocycles. The largest absolute Gasteiger partial charge is 0.477 e. The number of hydrogen-bond donors (Lipinski definition) is 2. The lowest BCUT2D eigenvalue weighted by molar-refractivity contribution is -0.150. The zero-order chi connectivity index (χ0) is 22.0. The second-order valence-electron chi connectivity index (χ2n) is 6.11. The van der Waals surface area contributed by atoms with Crippen LogP contribution < -0.4 is 5.32 Å². The first-order valence-corrected chi connectivity index (χ1v) is 12.4. The molecule has 0 bridgehead atoms. The number of thiazole rings is 1. The summed E-state index contributed by atoms with van der Waals surface area (Å²) in [5, 5.41) is 17.2. The van der Waals surface area contributed by atoms with Crippen molar-refractivity contribution in [2.45, 2.75) is 15.8 Å². The quantitative estimate of drug-likeness (QED) is 0.233. The Balaban J connectivity index is 1.49. The fourth-order valence-electron chi connectivity index (χ4n) is 3.00. The van der Waals surface area contributed by atoms with Gasteiger partial charge in [-0.15, -0.1) is 23.1 Å². The van der Waals surface area contributed by atoms with Crippen molar-refractivity contribution in [2.75, 3.05) is 18.6 Å². The highest BCUT2D eigenvalue weighted by Gasteiger charge is 2.54. The number of β-lactam (4-membered cyclic amide) rings is 1. The number of nitrogens with zero attached hydrogens (tertiary/aromatic N) is 5. The molecule has 162 valence electrons.